The molecule has 0 spiro atoms. The molecule has 1 aromatic rings. The van der Waals surface area contributed by atoms with Gasteiger partial charge in [0.05, 0.1) is 18.6 Å². The Bertz CT molecular complexity index is 415. The summed E-state index contributed by atoms with van der Waals surface area (Å²) in [5, 5.41) is 21.9. The van der Waals surface area contributed by atoms with Crippen molar-refractivity contribution in [2.75, 3.05) is 11.9 Å². The van der Waals surface area contributed by atoms with Crippen molar-refractivity contribution in [3.8, 4) is 6.07 Å². The van der Waals surface area contributed by atoms with Gasteiger partial charge in [-0.15, -0.1) is 0 Å². The number of nitrogens with one attached hydrogen (secondary N) is 1. The van der Waals surface area contributed by atoms with E-state index in [2.05, 4.69) is 11.4 Å². The summed E-state index contributed by atoms with van der Waals surface area (Å²) in [7, 11) is 0. The topological polar surface area (TPSA) is 56.0 Å². The van der Waals surface area contributed by atoms with E-state index in [0.29, 0.717) is 13.0 Å². The van der Waals surface area contributed by atoms with E-state index in [9.17, 15) is 5.11 Å². The van der Waals surface area contributed by atoms with Gasteiger partial charge in [-0.2, -0.15) is 5.26 Å². The van der Waals surface area contributed by atoms with Gasteiger partial charge < -0.3 is 10.4 Å². The molecule has 1 aliphatic carbocycles. The van der Waals surface area contributed by atoms with Gasteiger partial charge in [0.2, 0.25) is 0 Å². The molecule has 0 saturated heterocycles. The predicted octanol–water partition coefficient (Wildman–Crippen LogP) is 3.11. The van der Waals surface area contributed by atoms with Crippen LogP contribution < -0.4 is 5.32 Å². The second-order valence-electron chi connectivity index (χ2n) is 5.45. The summed E-state index contributed by atoms with van der Waals surface area (Å²) in [4.78, 5) is 0. The summed E-state index contributed by atoms with van der Waals surface area (Å²) in [6.07, 6.45) is 6.31. The fourth-order valence-corrected chi connectivity index (χ4v) is 2.78. The summed E-state index contributed by atoms with van der Waals surface area (Å²) in [5.41, 5.74) is 2.03. The van der Waals surface area contributed by atoms with Crippen LogP contribution in [0.3, 0.4) is 0 Å². The lowest BCUT2D eigenvalue weighted by molar-refractivity contribution is 0.155. The van der Waals surface area contributed by atoms with Crippen molar-refractivity contribution < 1.29 is 5.11 Å². The molecule has 1 aliphatic rings. The number of hydrogen-bond donors (Lipinski definition) is 2. The molecule has 1 fully saturated rings. The van der Waals surface area contributed by atoms with Crippen LogP contribution in [0.4, 0.5) is 5.69 Å². The van der Waals surface area contributed by atoms with E-state index >= 15 is 0 Å². The highest BCUT2D eigenvalue weighted by Crippen LogP contribution is 2.28. The van der Waals surface area contributed by atoms with Gasteiger partial charge in [-0.25, -0.2) is 0 Å². The molecule has 1 unspecified atom stereocenters. The molecule has 102 valence electrons. The van der Waals surface area contributed by atoms with Gasteiger partial charge in [0.1, 0.15) is 0 Å². The Balaban J connectivity index is 1.73. The number of nitrogens with zero attached hydrogens (tertiary/aromatic N) is 1. The first-order valence-corrected chi connectivity index (χ1v) is 7.16. The van der Waals surface area contributed by atoms with E-state index in [1.807, 2.05) is 24.3 Å². The zero-order valence-electron chi connectivity index (χ0n) is 11.3. The van der Waals surface area contributed by atoms with Crippen molar-refractivity contribution >= 4 is 5.69 Å². The van der Waals surface area contributed by atoms with Crippen LogP contribution >= 0.6 is 0 Å². The van der Waals surface area contributed by atoms with Crippen LogP contribution in [0.2, 0.25) is 0 Å². The maximum absolute atomic E-state index is 10.0. The van der Waals surface area contributed by atoms with Crippen LogP contribution in [0.15, 0.2) is 24.3 Å². The predicted molar refractivity (Wildman–Crippen MR) is 76.8 cm³/mol. The Labute approximate surface area is 115 Å². The Morgan fingerprint density at radius 3 is 2.58 bits per heavy atom. The summed E-state index contributed by atoms with van der Waals surface area (Å²) >= 11 is 0. The second-order valence-corrected chi connectivity index (χ2v) is 5.45. The molecule has 2 rings (SSSR count). The minimum absolute atomic E-state index is 0.262. The fourth-order valence-electron chi connectivity index (χ4n) is 2.78. The lowest BCUT2D eigenvalue weighted by Crippen LogP contribution is -2.21. The summed E-state index contributed by atoms with van der Waals surface area (Å²) < 4.78 is 0. The molecule has 0 amide bonds. The normalized spacial score (nSPS) is 17.1. The van der Waals surface area contributed by atoms with Gasteiger partial charge >= 0.3 is 0 Å². The maximum Gasteiger partial charge on any atom is 0.0715 e. The average Bonchev–Trinajstić information content (AvgIpc) is 2.91. The van der Waals surface area contributed by atoms with Crippen molar-refractivity contribution in [2.45, 2.75) is 44.6 Å². The monoisotopic (exact) mass is 258 g/mol. The number of aliphatic hydroxyl groups excluding tert-OH is 1. The zero-order valence-corrected chi connectivity index (χ0v) is 11.3. The van der Waals surface area contributed by atoms with Crippen LogP contribution in [0, 0.1) is 17.2 Å². The Hall–Kier alpha value is -1.53. The molecule has 3 nitrogen and oxygen atoms in total. The molecular formula is C16H22N2O. The first kappa shape index (κ1) is 13.9. The zero-order chi connectivity index (χ0) is 13.5. The first-order valence-electron chi connectivity index (χ1n) is 7.16. The van der Waals surface area contributed by atoms with Gasteiger partial charge in [0, 0.05) is 12.2 Å². The highest BCUT2D eigenvalue weighted by Gasteiger charge is 2.18. The number of hydrogen-bond acceptors (Lipinski definition) is 3. The maximum atomic E-state index is 10.0. The highest BCUT2D eigenvalue weighted by molar-refractivity contribution is 5.45. The number of anilines is 1. The molecule has 0 aromatic heterocycles. The number of nitriles is 1. The van der Waals surface area contributed by atoms with E-state index in [1.54, 1.807) is 0 Å². The molecule has 0 aliphatic heterocycles. The van der Waals surface area contributed by atoms with E-state index < -0.39 is 0 Å². The quantitative estimate of drug-likeness (QED) is 0.824. The van der Waals surface area contributed by atoms with E-state index in [0.717, 1.165) is 23.6 Å². The first-order chi connectivity index (χ1) is 9.28. The van der Waals surface area contributed by atoms with E-state index in [-0.39, 0.29) is 6.10 Å². The average molecular weight is 258 g/mol. The summed E-state index contributed by atoms with van der Waals surface area (Å²) in [6.45, 7) is 0.605. The molecule has 3 heteroatoms. The Morgan fingerprint density at radius 2 is 1.95 bits per heavy atom. The Kier molecular flexibility index (Phi) is 5.23. The van der Waals surface area contributed by atoms with Crippen LogP contribution in [0.5, 0.6) is 0 Å². The lowest BCUT2D eigenvalue weighted by atomic mass is 10.00. The van der Waals surface area contributed by atoms with Gasteiger partial charge in [-0.05, 0) is 30.0 Å². The van der Waals surface area contributed by atoms with Gasteiger partial charge in [-0.1, -0.05) is 37.8 Å². The van der Waals surface area contributed by atoms with Crippen LogP contribution in [0.1, 0.15) is 37.7 Å². The van der Waals surface area contributed by atoms with E-state index in [4.69, 9.17) is 5.26 Å². The number of rotatable bonds is 6. The third-order valence-electron chi connectivity index (χ3n) is 3.86. The third kappa shape index (κ3) is 4.57. The van der Waals surface area contributed by atoms with Crippen molar-refractivity contribution in [1.29, 1.82) is 5.26 Å². The standard InChI is InChI=1S/C16H22N2O/c17-10-9-13-5-7-15(8-6-13)18-12-16(19)11-14-3-1-2-4-14/h5-8,14,16,18-19H,1-4,9,11-12H2. The van der Waals surface area contributed by atoms with Crippen LogP contribution in [-0.4, -0.2) is 17.8 Å². The van der Waals surface area contributed by atoms with Gasteiger partial charge in [0.15, 0.2) is 0 Å². The fraction of sp³-hybridized carbons (Fsp3) is 0.562. The van der Waals surface area contributed by atoms with Crippen LogP contribution in [0.25, 0.3) is 0 Å². The SMILES string of the molecule is N#CCc1ccc(NCC(O)CC2CCCC2)cc1. The Morgan fingerprint density at radius 1 is 1.26 bits per heavy atom. The minimum Gasteiger partial charge on any atom is -0.391 e. The second kappa shape index (κ2) is 7.16. The van der Waals surface area contributed by atoms with E-state index in [1.165, 1.54) is 25.7 Å². The summed E-state index contributed by atoms with van der Waals surface area (Å²) in [5.74, 6) is 0.717. The molecule has 2 N–H and O–H groups in total. The third-order valence-corrected chi connectivity index (χ3v) is 3.86. The number of benzene rings is 1. The smallest absolute Gasteiger partial charge is 0.0715 e. The molecule has 0 bridgehead atoms. The van der Waals surface area contributed by atoms with Crippen molar-refractivity contribution in [2.24, 2.45) is 5.92 Å². The van der Waals surface area contributed by atoms with Gasteiger partial charge in [0.25, 0.3) is 0 Å². The molecular weight excluding hydrogens is 236 g/mol. The minimum atomic E-state index is -0.262. The largest absolute Gasteiger partial charge is 0.391 e. The van der Waals surface area contributed by atoms with Crippen molar-refractivity contribution in [3.63, 3.8) is 0 Å². The molecule has 1 atom stereocenters. The van der Waals surface area contributed by atoms with Crippen LogP contribution in [-0.2, 0) is 6.42 Å². The van der Waals surface area contributed by atoms with Crippen molar-refractivity contribution in [3.05, 3.63) is 29.8 Å². The van der Waals surface area contributed by atoms with Gasteiger partial charge in [-0.3, -0.25) is 0 Å². The summed E-state index contributed by atoms with van der Waals surface area (Å²) in [6, 6.07) is 9.97. The molecule has 0 heterocycles. The molecule has 1 aromatic carbocycles. The highest BCUT2D eigenvalue weighted by atomic mass is 16.3. The molecule has 19 heavy (non-hydrogen) atoms. The number of aliphatic hydroxyl groups is 1. The molecule has 1 saturated carbocycles. The van der Waals surface area contributed by atoms with Crippen molar-refractivity contribution in [1.82, 2.24) is 0 Å². The lowest BCUT2D eigenvalue weighted by Gasteiger charge is -2.16. The molecule has 0 radical (unpaired) electrons.